The predicted molar refractivity (Wildman–Crippen MR) is 84.3 cm³/mol. The molecule has 1 N–H and O–H groups in total. The Balaban J connectivity index is 2.35. The molecule has 21 heavy (non-hydrogen) atoms. The molecule has 0 amide bonds. The summed E-state index contributed by atoms with van der Waals surface area (Å²) in [5.41, 5.74) is 2.61. The number of aromatic amines is 1. The Morgan fingerprint density at radius 2 is 1.76 bits per heavy atom. The van der Waals surface area contributed by atoms with Crippen molar-refractivity contribution in [1.82, 2.24) is 9.55 Å². The van der Waals surface area contributed by atoms with Crippen LogP contribution in [0.1, 0.15) is 18.1 Å². The third kappa shape index (κ3) is 2.29. The maximum Gasteiger partial charge on any atom is 0.333 e. The van der Waals surface area contributed by atoms with E-state index in [2.05, 4.69) is 4.98 Å². The number of H-pyrrole nitrogens is 1. The summed E-state index contributed by atoms with van der Waals surface area (Å²) in [5, 5.41) is 0.537. The summed E-state index contributed by atoms with van der Waals surface area (Å²) in [6.07, 6.45) is 0.846. The van der Waals surface area contributed by atoms with E-state index in [4.69, 9.17) is 0 Å². The van der Waals surface area contributed by atoms with Crippen molar-refractivity contribution in [3.05, 3.63) is 74.4 Å². The van der Waals surface area contributed by atoms with Gasteiger partial charge >= 0.3 is 5.69 Å². The molecule has 0 saturated heterocycles. The van der Waals surface area contributed by atoms with Gasteiger partial charge in [-0.1, -0.05) is 30.7 Å². The fourth-order valence-electron chi connectivity index (χ4n) is 2.41. The molecule has 0 aliphatic carbocycles. The number of fused-ring (bicyclic) bond motifs is 1. The lowest BCUT2D eigenvalue weighted by Crippen LogP contribution is -2.33. The number of aryl methyl sites for hydroxylation is 2. The van der Waals surface area contributed by atoms with Crippen LogP contribution in [0.2, 0.25) is 0 Å². The van der Waals surface area contributed by atoms with Gasteiger partial charge < -0.3 is 4.98 Å². The monoisotopic (exact) mass is 280 g/mol. The van der Waals surface area contributed by atoms with Gasteiger partial charge in [-0.25, -0.2) is 9.36 Å². The average molecular weight is 280 g/mol. The summed E-state index contributed by atoms with van der Waals surface area (Å²) in [5.74, 6) is 0. The largest absolute Gasteiger partial charge is 0.333 e. The molecule has 0 aliphatic heterocycles. The second-order valence-corrected chi connectivity index (χ2v) is 5.14. The number of rotatable bonds is 2. The lowest BCUT2D eigenvalue weighted by Gasteiger charge is -2.07. The molecule has 2 aromatic carbocycles. The number of benzene rings is 2. The quantitative estimate of drug-likeness (QED) is 0.784. The second kappa shape index (κ2) is 5.05. The van der Waals surface area contributed by atoms with Crippen molar-refractivity contribution in [3.8, 4) is 5.69 Å². The van der Waals surface area contributed by atoms with Gasteiger partial charge in [0.15, 0.2) is 0 Å². The van der Waals surface area contributed by atoms with Crippen molar-refractivity contribution in [2.75, 3.05) is 0 Å². The molecule has 0 spiro atoms. The molecular weight excluding hydrogens is 264 g/mol. The molecular formula is C17H16N2O2. The molecule has 1 aromatic heterocycles. The van der Waals surface area contributed by atoms with Gasteiger partial charge in [0, 0.05) is 0 Å². The first kappa shape index (κ1) is 13.4. The Labute approximate surface area is 121 Å². The summed E-state index contributed by atoms with van der Waals surface area (Å²) in [4.78, 5) is 27.6. The molecule has 3 aromatic rings. The van der Waals surface area contributed by atoms with E-state index in [0.717, 1.165) is 17.5 Å². The maximum absolute atomic E-state index is 12.6. The summed E-state index contributed by atoms with van der Waals surface area (Å²) in [6, 6.07) is 12.9. The van der Waals surface area contributed by atoms with Crippen molar-refractivity contribution in [2.24, 2.45) is 0 Å². The lowest BCUT2D eigenvalue weighted by molar-refractivity contribution is 0.900. The number of aromatic nitrogens is 2. The number of hydrogen-bond donors (Lipinski definition) is 1. The highest BCUT2D eigenvalue weighted by Crippen LogP contribution is 2.11. The van der Waals surface area contributed by atoms with Crippen LogP contribution in [0.3, 0.4) is 0 Å². The molecule has 3 rings (SSSR count). The van der Waals surface area contributed by atoms with Crippen molar-refractivity contribution in [3.63, 3.8) is 0 Å². The van der Waals surface area contributed by atoms with Crippen LogP contribution in [-0.4, -0.2) is 9.55 Å². The van der Waals surface area contributed by atoms with Crippen LogP contribution in [0.5, 0.6) is 0 Å². The van der Waals surface area contributed by atoms with Gasteiger partial charge in [0.1, 0.15) is 0 Å². The number of hydrogen-bond acceptors (Lipinski definition) is 2. The minimum Gasteiger partial charge on any atom is -0.306 e. The summed E-state index contributed by atoms with van der Waals surface area (Å²) >= 11 is 0. The zero-order valence-corrected chi connectivity index (χ0v) is 12.0. The Hall–Kier alpha value is -2.62. The highest BCUT2D eigenvalue weighted by molar-refractivity contribution is 5.78. The van der Waals surface area contributed by atoms with Crippen molar-refractivity contribution in [1.29, 1.82) is 0 Å². The van der Waals surface area contributed by atoms with Gasteiger partial charge in [0.25, 0.3) is 5.56 Å². The van der Waals surface area contributed by atoms with Crippen molar-refractivity contribution >= 4 is 10.9 Å². The molecule has 1 heterocycles. The fourth-order valence-corrected chi connectivity index (χ4v) is 2.41. The molecule has 0 atom stereocenters. The van der Waals surface area contributed by atoms with E-state index in [0.29, 0.717) is 16.6 Å². The molecule has 0 aliphatic rings. The van der Waals surface area contributed by atoms with Gasteiger partial charge in [0.2, 0.25) is 0 Å². The highest BCUT2D eigenvalue weighted by atomic mass is 16.2. The van der Waals surface area contributed by atoms with Crippen LogP contribution < -0.4 is 11.2 Å². The van der Waals surface area contributed by atoms with Crippen LogP contribution in [0.15, 0.2) is 52.1 Å². The summed E-state index contributed by atoms with van der Waals surface area (Å²) < 4.78 is 1.18. The first-order valence-corrected chi connectivity index (χ1v) is 6.95. The van der Waals surface area contributed by atoms with Gasteiger partial charge in [-0.3, -0.25) is 4.79 Å². The van der Waals surface area contributed by atoms with E-state index in [-0.39, 0.29) is 5.56 Å². The Morgan fingerprint density at radius 1 is 1.05 bits per heavy atom. The molecule has 0 unspecified atom stereocenters. The van der Waals surface area contributed by atoms with Crippen LogP contribution in [0.25, 0.3) is 16.6 Å². The van der Waals surface area contributed by atoms with E-state index in [1.807, 2.05) is 38.1 Å². The highest BCUT2D eigenvalue weighted by Gasteiger charge is 2.09. The molecule has 0 bridgehead atoms. The normalized spacial score (nSPS) is 11.0. The third-order valence-electron chi connectivity index (χ3n) is 3.66. The fraction of sp³-hybridized carbons (Fsp3) is 0.176. The Morgan fingerprint density at radius 3 is 2.43 bits per heavy atom. The second-order valence-electron chi connectivity index (χ2n) is 5.14. The van der Waals surface area contributed by atoms with Gasteiger partial charge in [-0.2, -0.15) is 0 Å². The smallest absolute Gasteiger partial charge is 0.306 e. The minimum atomic E-state index is -0.416. The number of nitrogens with one attached hydrogen (secondary N) is 1. The predicted octanol–water partition coefficient (Wildman–Crippen LogP) is 2.55. The summed E-state index contributed by atoms with van der Waals surface area (Å²) in [7, 11) is 0. The number of nitrogens with zero attached hydrogens (tertiary/aromatic N) is 1. The van der Waals surface area contributed by atoms with E-state index in [9.17, 15) is 9.59 Å². The summed E-state index contributed by atoms with van der Waals surface area (Å²) in [6.45, 7) is 4.00. The molecule has 0 fully saturated rings. The van der Waals surface area contributed by atoms with E-state index < -0.39 is 5.69 Å². The first-order valence-electron chi connectivity index (χ1n) is 6.95. The molecule has 4 heteroatoms. The van der Waals surface area contributed by atoms with Crippen LogP contribution in [0, 0.1) is 6.92 Å². The van der Waals surface area contributed by atoms with Gasteiger partial charge in [-0.15, -0.1) is 0 Å². The maximum atomic E-state index is 12.6. The zero-order chi connectivity index (χ0) is 15.0. The third-order valence-corrected chi connectivity index (χ3v) is 3.66. The molecule has 0 saturated carbocycles. The van der Waals surface area contributed by atoms with Gasteiger partial charge in [-0.05, 0) is 43.2 Å². The minimum absolute atomic E-state index is 0.284. The molecule has 4 nitrogen and oxygen atoms in total. The topological polar surface area (TPSA) is 54.9 Å². The SMILES string of the molecule is CCc1ccc2[nH]c(=O)n(-c3ccc(C)cc3)c(=O)c2c1. The molecule has 106 valence electrons. The van der Waals surface area contributed by atoms with Gasteiger partial charge in [0.05, 0.1) is 16.6 Å². The van der Waals surface area contributed by atoms with Crippen LogP contribution in [0.4, 0.5) is 0 Å². The van der Waals surface area contributed by atoms with Crippen molar-refractivity contribution in [2.45, 2.75) is 20.3 Å². The van der Waals surface area contributed by atoms with Crippen LogP contribution in [-0.2, 0) is 6.42 Å². The molecule has 0 radical (unpaired) electrons. The Kier molecular flexibility index (Phi) is 3.22. The van der Waals surface area contributed by atoms with Crippen LogP contribution >= 0.6 is 0 Å². The van der Waals surface area contributed by atoms with E-state index >= 15 is 0 Å². The zero-order valence-electron chi connectivity index (χ0n) is 12.0. The lowest BCUT2D eigenvalue weighted by atomic mass is 10.1. The Bertz CT molecular complexity index is 918. The van der Waals surface area contributed by atoms with E-state index in [1.165, 1.54) is 4.57 Å². The van der Waals surface area contributed by atoms with Crippen molar-refractivity contribution < 1.29 is 0 Å². The van der Waals surface area contributed by atoms with E-state index in [1.54, 1.807) is 18.2 Å². The average Bonchev–Trinajstić information content (AvgIpc) is 2.49. The first-order chi connectivity index (χ1) is 10.1. The standard InChI is InChI=1S/C17H16N2O2/c1-3-12-6-9-15-14(10-12)16(20)19(17(21)18-15)13-7-4-11(2)5-8-13/h4-10H,3H2,1-2H3,(H,18,21).